The first kappa shape index (κ1) is 25.9. The highest BCUT2D eigenvalue weighted by Crippen LogP contribution is 2.29. The molecule has 2 aromatic rings. The summed E-state index contributed by atoms with van der Waals surface area (Å²) in [7, 11) is 0. The lowest BCUT2D eigenvalue weighted by molar-refractivity contribution is -0.124. The number of aryl methyl sites for hydroxylation is 1. The number of ether oxygens (including phenoxy) is 2. The molecule has 0 bridgehead atoms. The molecule has 3 rings (SSSR count). The number of nitrogens with zero attached hydrogens (tertiary/aromatic N) is 1. The summed E-state index contributed by atoms with van der Waals surface area (Å²) in [4.78, 5) is 39.7. The number of anilines is 1. The van der Waals surface area contributed by atoms with E-state index in [0.29, 0.717) is 22.0 Å². The Morgan fingerprint density at radius 3 is 2.47 bits per heavy atom. The second-order valence-corrected chi connectivity index (χ2v) is 10.4. The molecule has 0 aliphatic carbocycles. The lowest BCUT2D eigenvalue weighted by Gasteiger charge is -2.27. The Balaban J connectivity index is 1.49. The van der Waals surface area contributed by atoms with Crippen molar-refractivity contribution in [1.29, 1.82) is 0 Å². The number of thiophene rings is 1. The van der Waals surface area contributed by atoms with Crippen LogP contribution in [0.15, 0.2) is 30.3 Å². The van der Waals surface area contributed by atoms with E-state index in [0.717, 1.165) is 55.3 Å². The smallest absolute Gasteiger partial charge is 0.349 e. The molecule has 34 heavy (non-hydrogen) atoms. The van der Waals surface area contributed by atoms with Crippen molar-refractivity contribution in [3.63, 3.8) is 0 Å². The molecule has 184 valence electrons. The van der Waals surface area contributed by atoms with Crippen LogP contribution in [-0.2, 0) is 32.2 Å². The Labute approximate surface area is 204 Å². The summed E-state index contributed by atoms with van der Waals surface area (Å²) in [5, 5.41) is 6.23. The molecule has 1 fully saturated rings. The van der Waals surface area contributed by atoms with E-state index in [4.69, 9.17) is 9.47 Å². The Kier molecular flexibility index (Phi) is 8.82. The molecule has 2 N–H and O–H groups in total. The van der Waals surface area contributed by atoms with E-state index in [9.17, 15) is 14.4 Å². The van der Waals surface area contributed by atoms with Crippen LogP contribution in [-0.4, -0.2) is 55.6 Å². The highest BCUT2D eigenvalue weighted by Gasteiger charge is 2.23. The van der Waals surface area contributed by atoms with Crippen molar-refractivity contribution in [2.75, 3.05) is 38.2 Å². The van der Waals surface area contributed by atoms with E-state index in [2.05, 4.69) is 21.6 Å². The van der Waals surface area contributed by atoms with Crippen molar-refractivity contribution in [3.8, 4) is 0 Å². The Hall–Kier alpha value is -2.75. The minimum absolute atomic E-state index is 0.137. The second-order valence-electron chi connectivity index (χ2n) is 9.34. The van der Waals surface area contributed by atoms with Gasteiger partial charge in [-0.2, -0.15) is 0 Å². The third-order valence-electron chi connectivity index (χ3n) is 5.45. The highest BCUT2D eigenvalue weighted by atomic mass is 32.1. The number of hydrogen-bond donors (Lipinski definition) is 2. The summed E-state index contributed by atoms with van der Waals surface area (Å²) >= 11 is 1.14. The largest absolute Gasteiger partial charge is 0.451 e. The average molecular weight is 488 g/mol. The molecule has 2 heterocycles. The van der Waals surface area contributed by atoms with Gasteiger partial charge in [-0.05, 0) is 29.7 Å². The van der Waals surface area contributed by atoms with Gasteiger partial charge in [0.05, 0.1) is 18.2 Å². The monoisotopic (exact) mass is 487 g/mol. The molecule has 0 saturated carbocycles. The van der Waals surface area contributed by atoms with E-state index in [1.807, 2.05) is 39.0 Å². The van der Waals surface area contributed by atoms with Crippen LogP contribution in [0, 0.1) is 12.3 Å². The Morgan fingerprint density at radius 1 is 1.12 bits per heavy atom. The van der Waals surface area contributed by atoms with Gasteiger partial charge in [-0.15, -0.1) is 11.3 Å². The van der Waals surface area contributed by atoms with Gasteiger partial charge in [0.1, 0.15) is 4.88 Å². The van der Waals surface area contributed by atoms with Gasteiger partial charge in [0.2, 0.25) is 5.91 Å². The van der Waals surface area contributed by atoms with Crippen LogP contribution in [0.4, 0.5) is 5.00 Å². The summed E-state index contributed by atoms with van der Waals surface area (Å²) in [5.74, 6) is -1.09. The zero-order chi connectivity index (χ0) is 24.7. The third-order valence-corrected chi connectivity index (χ3v) is 6.58. The first-order chi connectivity index (χ1) is 16.1. The lowest BCUT2D eigenvalue weighted by atomic mass is 9.96. The minimum atomic E-state index is -0.582. The number of morpholine rings is 1. The SMILES string of the molecule is Cc1cc(NC(=O)C(C)(C)C)sc1C(=O)OCC(=O)NCc1ccccc1CN1CCOCC1. The number of rotatable bonds is 8. The van der Waals surface area contributed by atoms with Crippen LogP contribution in [0.5, 0.6) is 0 Å². The van der Waals surface area contributed by atoms with Crippen LogP contribution in [0.2, 0.25) is 0 Å². The molecule has 1 aromatic carbocycles. The molecule has 1 aromatic heterocycles. The maximum absolute atomic E-state index is 12.5. The first-order valence-electron chi connectivity index (χ1n) is 11.4. The molecule has 1 aliphatic heterocycles. The minimum Gasteiger partial charge on any atom is -0.451 e. The number of benzene rings is 1. The van der Waals surface area contributed by atoms with Crippen LogP contribution in [0.3, 0.4) is 0 Å². The Morgan fingerprint density at radius 2 is 1.79 bits per heavy atom. The van der Waals surface area contributed by atoms with Gasteiger partial charge < -0.3 is 20.1 Å². The summed E-state index contributed by atoms with van der Waals surface area (Å²) in [6.45, 7) is 11.3. The number of carbonyl (C=O) groups excluding carboxylic acids is 3. The molecule has 0 radical (unpaired) electrons. The van der Waals surface area contributed by atoms with E-state index < -0.39 is 11.4 Å². The molecule has 1 saturated heterocycles. The van der Waals surface area contributed by atoms with Crippen molar-refractivity contribution in [2.24, 2.45) is 5.41 Å². The normalized spacial score (nSPS) is 14.5. The zero-order valence-electron chi connectivity index (χ0n) is 20.2. The van der Waals surface area contributed by atoms with Gasteiger partial charge in [0.25, 0.3) is 5.91 Å². The van der Waals surface area contributed by atoms with E-state index >= 15 is 0 Å². The molecule has 2 amide bonds. The topological polar surface area (TPSA) is 97.0 Å². The lowest BCUT2D eigenvalue weighted by Crippen LogP contribution is -2.36. The van der Waals surface area contributed by atoms with Crippen molar-refractivity contribution >= 4 is 34.1 Å². The number of amides is 2. The van der Waals surface area contributed by atoms with Crippen LogP contribution in [0.1, 0.15) is 47.1 Å². The van der Waals surface area contributed by atoms with Gasteiger partial charge in [0, 0.05) is 31.6 Å². The quantitative estimate of drug-likeness (QED) is 0.555. The average Bonchev–Trinajstić information content (AvgIpc) is 3.17. The van der Waals surface area contributed by atoms with Crippen LogP contribution in [0.25, 0.3) is 0 Å². The number of carbonyl (C=O) groups is 3. The number of nitrogens with one attached hydrogen (secondary N) is 2. The fourth-order valence-electron chi connectivity index (χ4n) is 3.37. The van der Waals surface area contributed by atoms with E-state index in [1.165, 1.54) is 0 Å². The molecular weight excluding hydrogens is 454 g/mol. The van der Waals surface area contributed by atoms with E-state index in [-0.39, 0.29) is 18.4 Å². The summed E-state index contributed by atoms with van der Waals surface area (Å²) in [6, 6.07) is 9.72. The maximum atomic E-state index is 12.5. The fourth-order valence-corrected chi connectivity index (χ4v) is 4.33. The standard InChI is InChI=1S/C25H33N3O5S/c1-17-13-21(27-24(31)25(2,3)4)34-22(17)23(30)33-16-20(29)26-14-18-7-5-6-8-19(18)15-28-9-11-32-12-10-28/h5-8,13H,9-12,14-16H2,1-4H3,(H,26,29)(H,27,31). The molecule has 0 unspecified atom stereocenters. The second kappa shape index (κ2) is 11.6. The summed E-state index contributed by atoms with van der Waals surface area (Å²) in [5.41, 5.74) is 2.33. The molecule has 0 atom stereocenters. The summed E-state index contributed by atoms with van der Waals surface area (Å²) < 4.78 is 10.6. The van der Waals surface area contributed by atoms with Crippen molar-refractivity contribution in [2.45, 2.75) is 40.8 Å². The fraction of sp³-hybridized carbons (Fsp3) is 0.480. The molecule has 0 spiro atoms. The Bertz CT molecular complexity index is 1020. The van der Waals surface area contributed by atoms with Crippen molar-refractivity contribution < 1.29 is 23.9 Å². The molecule has 9 heteroatoms. The molecule has 1 aliphatic rings. The zero-order valence-corrected chi connectivity index (χ0v) is 21.0. The predicted molar refractivity (Wildman–Crippen MR) is 132 cm³/mol. The highest BCUT2D eigenvalue weighted by molar-refractivity contribution is 7.18. The molecule has 8 nitrogen and oxygen atoms in total. The third kappa shape index (κ3) is 7.38. The first-order valence-corrected chi connectivity index (χ1v) is 12.2. The van der Waals surface area contributed by atoms with Crippen LogP contribution < -0.4 is 10.6 Å². The van der Waals surface area contributed by atoms with Crippen molar-refractivity contribution in [3.05, 3.63) is 51.9 Å². The number of esters is 1. The van der Waals surface area contributed by atoms with Gasteiger partial charge >= 0.3 is 5.97 Å². The van der Waals surface area contributed by atoms with Crippen molar-refractivity contribution in [1.82, 2.24) is 10.2 Å². The number of hydrogen-bond acceptors (Lipinski definition) is 7. The van der Waals surface area contributed by atoms with Gasteiger partial charge in [-0.1, -0.05) is 45.0 Å². The predicted octanol–water partition coefficient (Wildman–Crippen LogP) is 3.35. The van der Waals surface area contributed by atoms with Gasteiger partial charge in [0.15, 0.2) is 6.61 Å². The van der Waals surface area contributed by atoms with Gasteiger partial charge in [-0.25, -0.2) is 4.79 Å². The maximum Gasteiger partial charge on any atom is 0.349 e. The van der Waals surface area contributed by atoms with Gasteiger partial charge in [-0.3, -0.25) is 14.5 Å². The van der Waals surface area contributed by atoms with Crippen LogP contribution >= 0.6 is 11.3 Å². The van der Waals surface area contributed by atoms with E-state index in [1.54, 1.807) is 13.0 Å². The molecular formula is C25H33N3O5S. The summed E-state index contributed by atoms with van der Waals surface area (Å²) in [6.07, 6.45) is 0.